The number of hydrogen-bond donors (Lipinski definition) is 0. The number of imide groups is 4. The third-order valence-corrected chi connectivity index (χ3v) is 17.1. The quantitative estimate of drug-likeness (QED) is 0.178. The maximum Gasteiger partial charge on any atom is 0.238 e. The summed E-state index contributed by atoms with van der Waals surface area (Å²) in [6.45, 7) is 0. The van der Waals surface area contributed by atoms with Crippen molar-refractivity contribution in [2.24, 2.45) is 71.0 Å². The number of carbonyl (C=O) groups is 8. The lowest BCUT2D eigenvalue weighted by atomic mass is 9.54. The molecule has 4 bridgehead atoms. The van der Waals surface area contributed by atoms with Gasteiger partial charge in [-0.1, -0.05) is 36.4 Å². The Hall–Kier alpha value is -7.53. The molecule has 336 valence electrons. The van der Waals surface area contributed by atoms with Crippen molar-refractivity contribution in [3.05, 3.63) is 121 Å². The van der Waals surface area contributed by atoms with Crippen LogP contribution in [0.2, 0.25) is 0 Å². The lowest BCUT2D eigenvalue weighted by molar-refractivity contribution is -0.140. The van der Waals surface area contributed by atoms with E-state index in [0.29, 0.717) is 0 Å². The highest BCUT2D eigenvalue weighted by atomic mass is 32.2. The zero-order valence-electron chi connectivity index (χ0n) is 35.6. The van der Waals surface area contributed by atoms with E-state index in [1.54, 1.807) is 60.7 Å². The molecule has 4 saturated heterocycles. The van der Waals surface area contributed by atoms with Gasteiger partial charge in [0, 0.05) is 49.9 Å². The third-order valence-electron chi connectivity index (χ3n) is 15.4. The van der Waals surface area contributed by atoms with Crippen molar-refractivity contribution in [3.63, 3.8) is 0 Å². The van der Waals surface area contributed by atoms with Crippen molar-refractivity contribution < 1.29 is 56.2 Å². The smallest absolute Gasteiger partial charge is 0.238 e. The summed E-state index contributed by atoms with van der Waals surface area (Å²) < 4.78 is 39.5. The van der Waals surface area contributed by atoms with Crippen molar-refractivity contribution in [3.8, 4) is 23.0 Å². The molecule has 0 spiro atoms. The van der Waals surface area contributed by atoms with Crippen LogP contribution in [0.3, 0.4) is 0 Å². The highest BCUT2D eigenvalue weighted by Crippen LogP contribution is 2.59. The molecule has 8 amide bonds. The molecule has 16 nitrogen and oxygen atoms in total. The fraction of sp³-hybridized carbons (Fsp3) is 0.280. The molecular formula is C50H38N4O12S. The molecular weight excluding hydrogens is 881 g/mol. The minimum absolute atomic E-state index is 0.0180. The number of allylic oxidation sites excluding steroid dienone is 4. The standard InChI is InChI=1S/C50H38N4O12S/c1-51-43(55)35-31-17-18-32(36(35)44(51)56)40-39(31)47(59)53(48(40)60)23-5-3-7-27(21-23)65-25-9-13-29(14-10-25)67(63,64)30-15-11-26(12-16-30)66-28-8-4-6-24(22-28)54-49(61)41-33-19-20-34(42(41)50(54)62)38-37(33)45(57)52(2)46(38)58/h3-22,31-42H,1-2H3. The molecule has 6 fully saturated rings. The molecule has 0 aromatic heterocycles. The molecule has 6 aliphatic carbocycles. The molecule has 14 rings (SSSR count). The normalized spacial score (nSPS) is 32.1. The molecule has 12 atom stereocenters. The molecule has 4 heterocycles. The number of likely N-dealkylation sites (tertiary alicyclic amines) is 2. The average molecular weight is 919 g/mol. The van der Waals surface area contributed by atoms with E-state index in [4.69, 9.17) is 9.47 Å². The maximum absolute atomic E-state index is 13.9. The van der Waals surface area contributed by atoms with Crippen molar-refractivity contribution in [1.29, 1.82) is 0 Å². The van der Waals surface area contributed by atoms with E-state index in [0.717, 1.165) is 19.6 Å². The summed E-state index contributed by atoms with van der Waals surface area (Å²) in [5.41, 5.74) is 0.544. The van der Waals surface area contributed by atoms with Gasteiger partial charge < -0.3 is 9.47 Å². The summed E-state index contributed by atoms with van der Waals surface area (Å²) in [6.07, 6.45) is 7.22. The summed E-state index contributed by atoms with van der Waals surface area (Å²) in [7, 11) is -1.14. The molecule has 10 aliphatic rings. The fourth-order valence-electron chi connectivity index (χ4n) is 12.4. The average Bonchev–Trinajstić information content (AvgIpc) is 3.95. The number of amides is 8. The van der Waals surface area contributed by atoms with Gasteiger partial charge in [-0.2, -0.15) is 0 Å². The molecule has 0 radical (unpaired) electrons. The zero-order valence-corrected chi connectivity index (χ0v) is 36.4. The number of hydrogen-bond acceptors (Lipinski definition) is 12. The van der Waals surface area contributed by atoms with Gasteiger partial charge in [0.15, 0.2) is 0 Å². The van der Waals surface area contributed by atoms with E-state index >= 15 is 0 Å². The van der Waals surface area contributed by atoms with Gasteiger partial charge in [0.2, 0.25) is 57.1 Å². The Morgan fingerprint density at radius 2 is 0.657 bits per heavy atom. The number of benzene rings is 4. The minimum Gasteiger partial charge on any atom is -0.457 e. The van der Waals surface area contributed by atoms with Crippen LogP contribution >= 0.6 is 0 Å². The number of ether oxygens (including phenoxy) is 2. The first kappa shape index (κ1) is 40.9. The maximum atomic E-state index is 13.9. The van der Waals surface area contributed by atoms with E-state index < -0.39 is 104 Å². The van der Waals surface area contributed by atoms with Gasteiger partial charge in [-0.15, -0.1) is 0 Å². The Morgan fingerprint density at radius 3 is 0.955 bits per heavy atom. The van der Waals surface area contributed by atoms with Crippen LogP contribution in [0.15, 0.2) is 131 Å². The topological polar surface area (TPSA) is 202 Å². The highest BCUT2D eigenvalue weighted by Gasteiger charge is 2.70. The van der Waals surface area contributed by atoms with Crippen molar-refractivity contribution >= 4 is 68.5 Å². The first-order chi connectivity index (χ1) is 32.1. The van der Waals surface area contributed by atoms with Crippen LogP contribution in [0, 0.1) is 71.0 Å². The molecule has 2 saturated carbocycles. The van der Waals surface area contributed by atoms with Gasteiger partial charge >= 0.3 is 0 Å². The highest BCUT2D eigenvalue weighted by molar-refractivity contribution is 7.91. The Balaban J connectivity index is 0.712. The fourth-order valence-corrected chi connectivity index (χ4v) is 13.7. The first-order valence-electron chi connectivity index (χ1n) is 21.9. The van der Waals surface area contributed by atoms with Crippen LogP contribution in [0.5, 0.6) is 23.0 Å². The van der Waals surface area contributed by atoms with Crippen LogP contribution < -0.4 is 19.3 Å². The van der Waals surface area contributed by atoms with Gasteiger partial charge in [0.05, 0.1) is 68.5 Å². The Morgan fingerprint density at radius 1 is 0.373 bits per heavy atom. The van der Waals surface area contributed by atoms with Gasteiger partial charge in [0.25, 0.3) is 0 Å². The second-order valence-corrected chi connectivity index (χ2v) is 20.4. The van der Waals surface area contributed by atoms with Gasteiger partial charge in [-0.3, -0.25) is 48.2 Å². The number of rotatable bonds is 8. The molecule has 0 N–H and O–H groups in total. The third kappa shape index (κ3) is 5.60. The predicted octanol–water partition coefficient (Wildman–Crippen LogP) is 4.41. The monoisotopic (exact) mass is 918 g/mol. The Kier molecular flexibility index (Phi) is 8.70. The summed E-state index contributed by atoms with van der Waals surface area (Å²) in [5.74, 6) is -9.94. The summed E-state index contributed by atoms with van der Waals surface area (Å²) >= 11 is 0. The van der Waals surface area contributed by atoms with E-state index in [9.17, 15) is 46.8 Å². The summed E-state index contributed by atoms with van der Waals surface area (Å²) in [5, 5.41) is 0. The van der Waals surface area contributed by atoms with Crippen molar-refractivity contribution in [2.75, 3.05) is 23.9 Å². The van der Waals surface area contributed by atoms with Crippen LogP contribution in [-0.2, 0) is 48.2 Å². The summed E-state index contributed by atoms with van der Waals surface area (Å²) in [4.78, 5) is 112. The van der Waals surface area contributed by atoms with E-state index in [2.05, 4.69) is 0 Å². The van der Waals surface area contributed by atoms with E-state index in [1.165, 1.54) is 74.8 Å². The van der Waals surface area contributed by atoms with Crippen LogP contribution in [-0.4, -0.2) is 79.6 Å². The van der Waals surface area contributed by atoms with Crippen LogP contribution in [0.25, 0.3) is 0 Å². The Labute approximate surface area is 382 Å². The van der Waals surface area contributed by atoms with Gasteiger partial charge in [-0.05, 0) is 72.8 Å². The van der Waals surface area contributed by atoms with Crippen molar-refractivity contribution in [2.45, 2.75) is 9.79 Å². The van der Waals surface area contributed by atoms with Crippen LogP contribution in [0.4, 0.5) is 11.4 Å². The van der Waals surface area contributed by atoms with Crippen LogP contribution in [0.1, 0.15) is 0 Å². The van der Waals surface area contributed by atoms with Gasteiger partial charge in [0.1, 0.15) is 23.0 Å². The second kappa shape index (κ2) is 14.2. The number of sulfone groups is 1. The minimum atomic E-state index is -4.01. The molecule has 4 aliphatic heterocycles. The lowest BCUT2D eigenvalue weighted by Crippen LogP contribution is -2.50. The second-order valence-electron chi connectivity index (χ2n) is 18.4. The lowest BCUT2D eigenvalue weighted by Gasteiger charge is -2.44. The molecule has 67 heavy (non-hydrogen) atoms. The van der Waals surface area contributed by atoms with Gasteiger partial charge in [-0.25, -0.2) is 18.2 Å². The van der Waals surface area contributed by atoms with E-state index in [-0.39, 0.29) is 67.8 Å². The number of nitrogens with zero attached hydrogens (tertiary/aromatic N) is 4. The molecule has 12 unspecified atom stereocenters. The Bertz CT molecular complexity index is 2850. The number of anilines is 2. The van der Waals surface area contributed by atoms with Crippen molar-refractivity contribution in [1.82, 2.24) is 9.80 Å². The zero-order chi connectivity index (χ0) is 46.5. The predicted molar refractivity (Wildman–Crippen MR) is 232 cm³/mol. The molecule has 17 heteroatoms. The van der Waals surface area contributed by atoms with E-state index in [1.807, 2.05) is 0 Å². The largest absolute Gasteiger partial charge is 0.457 e. The molecule has 4 aromatic carbocycles. The molecule has 4 aromatic rings. The first-order valence-corrected chi connectivity index (χ1v) is 23.4. The summed E-state index contributed by atoms with van der Waals surface area (Å²) in [6, 6.07) is 24.3. The number of carbonyl (C=O) groups excluding carboxylic acids is 8. The SMILES string of the molecule is CN1C(=O)C2C3C=CC(C2C1=O)C1C(=O)N(c2cccc(Oc4ccc(S(=O)(=O)c5ccc(Oc6cccc(N7C(=O)C8C9C=CC(C%10C(=O)N(C)C(=O)C9%10)C8C7=O)c6)cc5)cc4)c2)C(=O)C31.